The number of nitrogens with one attached hydrogen (secondary N) is 1. The third-order valence-electron chi connectivity index (χ3n) is 5.09. The molecule has 0 unspecified atom stereocenters. The van der Waals surface area contributed by atoms with Crippen molar-refractivity contribution in [2.45, 2.75) is 32.8 Å². The summed E-state index contributed by atoms with van der Waals surface area (Å²) in [5.74, 6) is 1.66. The molecule has 3 rings (SSSR count). The number of aryl methyl sites for hydroxylation is 1. The van der Waals surface area contributed by atoms with E-state index in [9.17, 15) is 0 Å². The largest absolute Gasteiger partial charge is 0.474 e. The molecule has 0 atom stereocenters. The number of hydrogen-bond donors (Lipinski definition) is 1. The zero-order chi connectivity index (χ0) is 21.7. The summed E-state index contributed by atoms with van der Waals surface area (Å²) in [5, 5.41) is 4.20. The van der Waals surface area contributed by atoms with Crippen LogP contribution in [0.15, 0.2) is 29.3 Å². The highest BCUT2D eigenvalue weighted by atomic mass is 35.5. The van der Waals surface area contributed by atoms with Crippen LogP contribution in [0.1, 0.15) is 25.5 Å². The standard InChI is InChI=1S/C21H28Cl2N6O/c1-5-29-10-8-16(9-11-29)30-19-12-14(2)25-21(27-19)28(4)20(24-3)26-15-6-7-17(22)18(23)13-15/h6-7,12-13,16H,5,8-11H2,1-4H3,(H,24,26). The van der Waals surface area contributed by atoms with E-state index in [1.165, 1.54) is 0 Å². The summed E-state index contributed by atoms with van der Waals surface area (Å²) in [4.78, 5) is 17.7. The fraction of sp³-hybridized carbons (Fsp3) is 0.476. The third-order valence-corrected chi connectivity index (χ3v) is 5.83. The zero-order valence-corrected chi connectivity index (χ0v) is 19.3. The molecule has 1 saturated heterocycles. The van der Waals surface area contributed by atoms with Gasteiger partial charge in [0.05, 0.1) is 10.0 Å². The first-order chi connectivity index (χ1) is 14.4. The summed E-state index contributed by atoms with van der Waals surface area (Å²) in [6, 6.07) is 7.19. The summed E-state index contributed by atoms with van der Waals surface area (Å²) < 4.78 is 6.18. The van der Waals surface area contributed by atoms with Crippen molar-refractivity contribution < 1.29 is 4.74 Å². The molecule has 30 heavy (non-hydrogen) atoms. The lowest BCUT2D eigenvalue weighted by atomic mass is 10.1. The number of benzene rings is 1. The van der Waals surface area contributed by atoms with Crippen LogP contribution >= 0.6 is 23.2 Å². The van der Waals surface area contributed by atoms with Crippen molar-refractivity contribution in [1.29, 1.82) is 0 Å². The van der Waals surface area contributed by atoms with Gasteiger partial charge < -0.3 is 15.0 Å². The summed E-state index contributed by atoms with van der Waals surface area (Å²) in [5.41, 5.74) is 1.60. The van der Waals surface area contributed by atoms with E-state index >= 15 is 0 Å². The topological polar surface area (TPSA) is 65.9 Å². The Labute approximate surface area is 188 Å². The van der Waals surface area contributed by atoms with Gasteiger partial charge >= 0.3 is 0 Å². The van der Waals surface area contributed by atoms with Crippen LogP contribution in [0, 0.1) is 6.92 Å². The van der Waals surface area contributed by atoms with Gasteiger partial charge in [-0.1, -0.05) is 30.1 Å². The van der Waals surface area contributed by atoms with Crippen LogP contribution in [0.5, 0.6) is 5.88 Å². The summed E-state index contributed by atoms with van der Waals surface area (Å²) >= 11 is 12.1. The Balaban J connectivity index is 1.72. The van der Waals surface area contributed by atoms with Gasteiger partial charge in [0.25, 0.3) is 0 Å². The molecule has 0 saturated carbocycles. The number of guanidine groups is 1. The Kier molecular flexibility index (Phi) is 7.75. The normalized spacial score (nSPS) is 15.9. The van der Waals surface area contributed by atoms with Crippen molar-refractivity contribution in [1.82, 2.24) is 14.9 Å². The number of aromatic nitrogens is 2. The maximum absolute atomic E-state index is 6.18. The SMILES string of the molecule is CCN1CCC(Oc2cc(C)nc(N(C)/C(=N/C)Nc3ccc(Cl)c(Cl)c3)n2)CC1. The van der Waals surface area contributed by atoms with Crippen LogP contribution in [0.25, 0.3) is 0 Å². The lowest BCUT2D eigenvalue weighted by Crippen LogP contribution is -2.38. The first kappa shape index (κ1) is 22.6. The number of rotatable bonds is 5. The van der Waals surface area contributed by atoms with Crippen molar-refractivity contribution in [3.63, 3.8) is 0 Å². The number of aliphatic imine (C=N–C) groups is 1. The summed E-state index contributed by atoms with van der Waals surface area (Å²) in [6.45, 7) is 7.31. The Morgan fingerprint density at radius 1 is 1.23 bits per heavy atom. The average molecular weight is 451 g/mol. The maximum atomic E-state index is 6.18. The molecule has 0 radical (unpaired) electrons. The van der Waals surface area contributed by atoms with E-state index in [4.69, 9.17) is 27.9 Å². The molecule has 1 aromatic carbocycles. The first-order valence-electron chi connectivity index (χ1n) is 10.1. The molecular weight excluding hydrogens is 423 g/mol. The van der Waals surface area contributed by atoms with E-state index in [2.05, 4.69) is 32.1 Å². The van der Waals surface area contributed by atoms with Gasteiger partial charge in [0.1, 0.15) is 6.10 Å². The van der Waals surface area contributed by atoms with Crippen molar-refractivity contribution in [2.24, 2.45) is 4.99 Å². The number of piperidine rings is 1. The molecule has 1 fully saturated rings. The quantitative estimate of drug-likeness (QED) is 0.534. The van der Waals surface area contributed by atoms with Crippen LogP contribution in [-0.4, -0.2) is 60.7 Å². The average Bonchev–Trinajstić information content (AvgIpc) is 2.74. The first-order valence-corrected chi connectivity index (χ1v) is 10.8. The molecule has 7 nitrogen and oxygen atoms in total. The Bertz CT molecular complexity index is 899. The van der Waals surface area contributed by atoms with Gasteiger partial charge in [0.15, 0.2) is 0 Å². The molecule has 0 spiro atoms. The lowest BCUT2D eigenvalue weighted by molar-refractivity contribution is 0.0997. The molecule has 1 N–H and O–H groups in total. The number of likely N-dealkylation sites (tertiary alicyclic amines) is 1. The Morgan fingerprint density at radius 3 is 2.60 bits per heavy atom. The van der Waals surface area contributed by atoms with Crippen LogP contribution in [0.4, 0.5) is 11.6 Å². The monoisotopic (exact) mass is 450 g/mol. The molecule has 0 aliphatic carbocycles. The van der Waals surface area contributed by atoms with E-state index in [0.29, 0.717) is 27.8 Å². The molecule has 2 aromatic rings. The second kappa shape index (κ2) is 10.3. The number of ether oxygens (including phenoxy) is 1. The molecule has 1 aliphatic rings. The van der Waals surface area contributed by atoms with E-state index in [1.54, 1.807) is 24.1 Å². The molecular formula is C21H28Cl2N6O. The van der Waals surface area contributed by atoms with Crippen LogP contribution in [0.3, 0.4) is 0 Å². The predicted molar refractivity (Wildman–Crippen MR) is 124 cm³/mol. The summed E-state index contributed by atoms with van der Waals surface area (Å²) in [7, 11) is 3.55. The van der Waals surface area contributed by atoms with Gasteiger partial charge in [0, 0.05) is 44.6 Å². The van der Waals surface area contributed by atoms with Crippen molar-refractivity contribution in [2.75, 3.05) is 43.9 Å². The minimum atomic E-state index is 0.175. The van der Waals surface area contributed by atoms with Gasteiger partial charge in [-0.15, -0.1) is 0 Å². The maximum Gasteiger partial charge on any atom is 0.235 e. The van der Waals surface area contributed by atoms with Crippen molar-refractivity contribution in [3.8, 4) is 5.88 Å². The number of halogens is 2. The zero-order valence-electron chi connectivity index (χ0n) is 17.8. The Hall–Kier alpha value is -2.09. The summed E-state index contributed by atoms with van der Waals surface area (Å²) in [6.07, 6.45) is 2.18. The minimum absolute atomic E-state index is 0.175. The number of anilines is 2. The van der Waals surface area contributed by atoms with Crippen molar-refractivity contribution >= 4 is 40.8 Å². The van der Waals surface area contributed by atoms with Gasteiger partial charge in [-0.05, 0) is 44.5 Å². The third kappa shape index (κ3) is 5.74. The molecule has 1 aliphatic heterocycles. The van der Waals surface area contributed by atoms with Gasteiger partial charge in [-0.3, -0.25) is 9.89 Å². The smallest absolute Gasteiger partial charge is 0.235 e. The van der Waals surface area contributed by atoms with Crippen LogP contribution < -0.4 is 15.0 Å². The van der Waals surface area contributed by atoms with E-state index in [0.717, 1.165) is 43.9 Å². The molecule has 9 heteroatoms. The number of nitrogens with zero attached hydrogens (tertiary/aromatic N) is 5. The van der Waals surface area contributed by atoms with Gasteiger partial charge in [-0.2, -0.15) is 4.98 Å². The highest BCUT2D eigenvalue weighted by molar-refractivity contribution is 6.42. The molecule has 0 bridgehead atoms. The second-order valence-corrected chi connectivity index (χ2v) is 8.07. The van der Waals surface area contributed by atoms with E-state index < -0.39 is 0 Å². The van der Waals surface area contributed by atoms with E-state index in [-0.39, 0.29) is 6.10 Å². The fourth-order valence-electron chi connectivity index (χ4n) is 3.34. The predicted octanol–water partition coefficient (Wildman–Crippen LogP) is 4.49. The molecule has 162 valence electrons. The van der Waals surface area contributed by atoms with Crippen molar-refractivity contribution in [3.05, 3.63) is 40.0 Å². The molecule has 1 aromatic heterocycles. The highest BCUT2D eigenvalue weighted by Crippen LogP contribution is 2.26. The second-order valence-electron chi connectivity index (χ2n) is 7.26. The van der Waals surface area contributed by atoms with Gasteiger partial charge in [-0.25, -0.2) is 4.98 Å². The van der Waals surface area contributed by atoms with Crippen LogP contribution in [0.2, 0.25) is 10.0 Å². The minimum Gasteiger partial charge on any atom is -0.474 e. The van der Waals surface area contributed by atoms with Crippen LogP contribution in [-0.2, 0) is 0 Å². The van der Waals surface area contributed by atoms with Gasteiger partial charge in [0.2, 0.25) is 17.8 Å². The molecule has 2 heterocycles. The number of hydrogen-bond acceptors (Lipinski definition) is 5. The van der Waals surface area contributed by atoms with E-state index in [1.807, 2.05) is 26.1 Å². The fourth-order valence-corrected chi connectivity index (χ4v) is 3.63. The Morgan fingerprint density at radius 2 is 1.97 bits per heavy atom. The molecule has 0 amide bonds. The highest BCUT2D eigenvalue weighted by Gasteiger charge is 2.21. The lowest BCUT2D eigenvalue weighted by Gasteiger charge is -2.31.